The van der Waals surface area contributed by atoms with Gasteiger partial charge in [-0.2, -0.15) is 0 Å². The Morgan fingerprint density at radius 1 is 1.36 bits per heavy atom. The fourth-order valence-corrected chi connectivity index (χ4v) is 1.34. The molecule has 0 aliphatic rings. The molecule has 78 valence electrons. The van der Waals surface area contributed by atoms with Gasteiger partial charge in [0.1, 0.15) is 11.6 Å². The monoisotopic (exact) mass is 200 g/mol. The summed E-state index contributed by atoms with van der Waals surface area (Å²) in [6.07, 6.45) is 0.372. The fourth-order valence-electron chi connectivity index (χ4n) is 1.34. The van der Waals surface area contributed by atoms with Crippen LogP contribution in [0, 0.1) is 18.6 Å². The summed E-state index contributed by atoms with van der Waals surface area (Å²) in [5, 5.41) is 0. The molecule has 0 bridgehead atoms. The second-order valence-electron chi connectivity index (χ2n) is 3.28. The molecule has 0 aromatic heterocycles. The van der Waals surface area contributed by atoms with E-state index in [2.05, 4.69) is 0 Å². The molecule has 0 aliphatic heterocycles. The second kappa shape index (κ2) is 4.48. The van der Waals surface area contributed by atoms with Gasteiger partial charge >= 0.3 is 0 Å². The highest BCUT2D eigenvalue weighted by Crippen LogP contribution is 2.23. The van der Waals surface area contributed by atoms with Crippen molar-refractivity contribution in [2.24, 2.45) is 11.5 Å². The van der Waals surface area contributed by atoms with Gasteiger partial charge < -0.3 is 11.5 Å². The lowest BCUT2D eigenvalue weighted by Crippen LogP contribution is -2.18. The first-order chi connectivity index (χ1) is 6.57. The van der Waals surface area contributed by atoms with Gasteiger partial charge in [0.05, 0.1) is 0 Å². The van der Waals surface area contributed by atoms with Crippen molar-refractivity contribution in [3.8, 4) is 0 Å². The lowest BCUT2D eigenvalue weighted by molar-refractivity contribution is 0.511. The molecule has 1 aromatic carbocycles. The van der Waals surface area contributed by atoms with Crippen LogP contribution in [0.2, 0.25) is 0 Å². The third-order valence-electron chi connectivity index (χ3n) is 2.17. The Hall–Kier alpha value is -1.00. The number of hydrogen-bond donors (Lipinski definition) is 2. The Labute approximate surface area is 81.9 Å². The summed E-state index contributed by atoms with van der Waals surface area (Å²) >= 11 is 0. The number of halogens is 2. The number of rotatable bonds is 3. The van der Waals surface area contributed by atoms with E-state index in [1.807, 2.05) is 0 Å². The molecule has 0 aliphatic carbocycles. The summed E-state index contributed by atoms with van der Waals surface area (Å²) < 4.78 is 26.7. The molecule has 0 radical (unpaired) electrons. The SMILES string of the molecule is Cc1ccc(F)c([C@@H](N)CCN)c1F. The van der Waals surface area contributed by atoms with Crippen LogP contribution in [0.5, 0.6) is 0 Å². The average molecular weight is 200 g/mol. The van der Waals surface area contributed by atoms with Crippen molar-refractivity contribution < 1.29 is 8.78 Å². The lowest BCUT2D eigenvalue weighted by Gasteiger charge is -2.13. The summed E-state index contributed by atoms with van der Waals surface area (Å²) in [6, 6.07) is 1.95. The first kappa shape index (κ1) is 11.1. The molecule has 4 heteroatoms. The molecular formula is C10H14F2N2. The van der Waals surface area contributed by atoms with Gasteiger partial charge in [0, 0.05) is 11.6 Å². The Morgan fingerprint density at radius 2 is 2.00 bits per heavy atom. The zero-order valence-electron chi connectivity index (χ0n) is 8.06. The van der Waals surface area contributed by atoms with Gasteiger partial charge in [0.2, 0.25) is 0 Å². The minimum Gasteiger partial charge on any atom is -0.330 e. The summed E-state index contributed by atoms with van der Waals surface area (Å²) in [4.78, 5) is 0. The van der Waals surface area contributed by atoms with E-state index in [9.17, 15) is 8.78 Å². The quantitative estimate of drug-likeness (QED) is 0.779. The molecule has 14 heavy (non-hydrogen) atoms. The Kier molecular flexibility index (Phi) is 3.55. The summed E-state index contributed by atoms with van der Waals surface area (Å²) in [5.41, 5.74) is 11.2. The molecule has 0 spiro atoms. The molecular weight excluding hydrogens is 186 g/mol. The lowest BCUT2D eigenvalue weighted by atomic mass is 10.0. The van der Waals surface area contributed by atoms with Crippen molar-refractivity contribution in [1.29, 1.82) is 0 Å². The molecule has 0 amide bonds. The topological polar surface area (TPSA) is 52.0 Å². The Bertz CT molecular complexity index is 326. The third-order valence-corrected chi connectivity index (χ3v) is 2.17. The van der Waals surface area contributed by atoms with Crippen molar-refractivity contribution in [2.75, 3.05) is 6.54 Å². The predicted molar refractivity (Wildman–Crippen MR) is 51.7 cm³/mol. The minimum absolute atomic E-state index is 0.0598. The zero-order chi connectivity index (χ0) is 10.7. The van der Waals surface area contributed by atoms with Crippen LogP contribution < -0.4 is 11.5 Å². The van der Waals surface area contributed by atoms with Gasteiger partial charge in [-0.25, -0.2) is 8.78 Å². The van der Waals surface area contributed by atoms with Crippen molar-refractivity contribution in [3.63, 3.8) is 0 Å². The summed E-state index contributed by atoms with van der Waals surface area (Å²) in [6.45, 7) is 1.89. The van der Waals surface area contributed by atoms with Crippen molar-refractivity contribution in [3.05, 3.63) is 34.9 Å². The van der Waals surface area contributed by atoms with E-state index in [1.165, 1.54) is 12.1 Å². The van der Waals surface area contributed by atoms with E-state index >= 15 is 0 Å². The average Bonchev–Trinajstić information content (AvgIpc) is 2.13. The molecule has 0 saturated heterocycles. The van der Waals surface area contributed by atoms with Crippen LogP contribution in [-0.2, 0) is 0 Å². The molecule has 4 N–H and O–H groups in total. The number of aryl methyl sites for hydroxylation is 1. The first-order valence-corrected chi connectivity index (χ1v) is 4.48. The number of hydrogen-bond acceptors (Lipinski definition) is 2. The maximum Gasteiger partial charge on any atom is 0.133 e. The largest absolute Gasteiger partial charge is 0.330 e. The second-order valence-corrected chi connectivity index (χ2v) is 3.28. The Balaban J connectivity index is 3.11. The summed E-state index contributed by atoms with van der Waals surface area (Å²) in [5.74, 6) is -1.17. The van der Waals surface area contributed by atoms with Gasteiger partial charge in [-0.1, -0.05) is 6.07 Å². The van der Waals surface area contributed by atoms with E-state index in [0.717, 1.165) is 0 Å². The van der Waals surface area contributed by atoms with Crippen LogP contribution in [0.3, 0.4) is 0 Å². The van der Waals surface area contributed by atoms with Gasteiger partial charge in [-0.05, 0) is 31.5 Å². The van der Waals surface area contributed by atoms with Gasteiger partial charge in [-0.3, -0.25) is 0 Å². The highest BCUT2D eigenvalue weighted by atomic mass is 19.1. The molecule has 1 atom stereocenters. The highest BCUT2D eigenvalue weighted by Gasteiger charge is 2.17. The van der Waals surface area contributed by atoms with Crippen LogP contribution in [-0.4, -0.2) is 6.54 Å². The van der Waals surface area contributed by atoms with Crippen molar-refractivity contribution in [1.82, 2.24) is 0 Å². The van der Waals surface area contributed by atoms with Crippen molar-refractivity contribution in [2.45, 2.75) is 19.4 Å². The minimum atomic E-state index is -0.667. The molecule has 0 fully saturated rings. The Morgan fingerprint density at radius 3 is 2.57 bits per heavy atom. The highest BCUT2D eigenvalue weighted by molar-refractivity contribution is 5.28. The molecule has 0 heterocycles. The molecule has 2 nitrogen and oxygen atoms in total. The van der Waals surface area contributed by atoms with Gasteiger partial charge in [0.15, 0.2) is 0 Å². The maximum absolute atomic E-state index is 13.5. The third kappa shape index (κ3) is 2.08. The number of nitrogens with two attached hydrogens (primary N) is 2. The van der Waals surface area contributed by atoms with E-state index in [-0.39, 0.29) is 5.56 Å². The molecule has 0 saturated carbocycles. The smallest absolute Gasteiger partial charge is 0.133 e. The number of benzene rings is 1. The van der Waals surface area contributed by atoms with E-state index in [1.54, 1.807) is 6.92 Å². The van der Waals surface area contributed by atoms with E-state index in [4.69, 9.17) is 11.5 Å². The zero-order valence-corrected chi connectivity index (χ0v) is 8.06. The predicted octanol–water partition coefficient (Wildman–Crippen LogP) is 1.62. The normalized spacial score (nSPS) is 12.9. The van der Waals surface area contributed by atoms with Crippen LogP contribution in [0.15, 0.2) is 12.1 Å². The fraction of sp³-hybridized carbons (Fsp3) is 0.400. The van der Waals surface area contributed by atoms with Crippen LogP contribution in [0.25, 0.3) is 0 Å². The van der Waals surface area contributed by atoms with Gasteiger partial charge in [0.25, 0.3) is 0 Å². The molecule has 0 unspecified atom stereocenters. The standard InChI is InChI=1S/C10H14F2N2/c1-6-2-3-7(11)9(10(6)12)8(14)4-5-13/h2-3,8H,4-5,13-14H2,1H3/t8-/m0/s1. The van der Waals surface area contributed by atoms with Crippen molar-refractivity contribution >= 4 is 0 Å². The maximum atomic E-state index is 13.5. The van der Waals surface area contributed by atoms with E-state index in [0.29, 0.717) is 18.5 Å². The molecule has 1 rings (SSSR count). The first-order valence-electron chi connectivity index (χ1n) is 4.48. The van der Waals surface area contributed by atoms with Crippen LogP contribution >= 0.6 is 0 Å². The van der Waals surface area contributed by atoms with Gasteiger partial charge in [-0.15, -0.1) is 0 Å². The molecule has 1 aromatic rings. The van der Waals surface area contributed by atoms with Crippen LogP contribution in [0.1, 0.15) is 23.6 Å². The van der Waals surface area contributed by atoms with Crippen LogP contribution in [0.4, 0.5) is 8.78 Å². The summed E-state index contributed by atoms with van der Waals surface area (Å²) in [7, 11) is 0. The van der Waals surface area contributed by atoms with E-state index < -0.39 is 17.7 Å².